The first-order valence-corrected chi connectivity index (χ1v) is 7.44. The highest BCUT2D eigenvalue weighted by molar-refractivity contribution is 5.93. The first kappa shape index (κ1) is 16.1. The third-order valence-corrected chi connectivity index (χ3v) is 3.63. The predicted molar refractivity (Wildman–Crippen MR) is 90.7 cm³/mol. The number of ether oxygens (including phenoxy) is 1. The second kappa shape index (κ2) is 6.65. The van der Waals surface area contributed by atoms with Crippen LogP contribution in [0.5, 0.6) is 5.75 Å². The Morgan fingerprint density at radius 2 is 1.50 bits per heavy atom. The van der Waals surface area contributed by atoms with Gasteiger partial charge in [0.2, 0.25) is 0 Å². The van der Waals surface area contributed by atoms with Gasteiger partial charge in [0, 0.05) is 5.69 Å². The fourth-order valence-corrected chi connectivity index (χ4v) is 2.66. The lowest BCUT2D eigenvalue weighted by molar-refractivity contribution is -0.118. The summed E-state index contributed by atoms with van der Waals surface area (Å²) in [5.41, 5.74) is 6.42. The molecule has 3 nitrogen and oxygen atoms in total. The molecule has 0 heterocycles. The summed E-state index contributed by atoms with van der Waals surface area (Å²) in [5.74, 6) is 0.605. The average molecular weight is 297 g/mol. The fraction of sp³-hybridized carbons (Fsp3) is 0.316. The molecule has 0 fully saturated rings. The van der Waals surface area contributed by atoms with Gasteiger partial charge in [-0.05, 0) is 57.4 Å². The van der Waals surface area contributed by atoms with Crippen LogP contribution in [0.3, 0.4) is 0 Å². The molecule has 22 heavy (non-hydrogen) atoms. The van der Waals surface area contributed by atoms with Gasteiger partial charge >= 0.3 is 0 Å². The Morgan fingerprint density at radius 1 is 0.909 bits per heavy atom. The maximum Gasteiger partial charge on any atom is 0.262 e. The molecule has 0 aliphatic carbocycles. The zero-order chi connectivity index (χ0) is 16.3. The van der Waals surface area contributed by atoms with E-state index in [1.165, 1.54) is 11.1 Å². The molecule has 0 saturated heterocycles. The minimum atomic E-state index is -0.143. The number of carbonyl (C=O) groups excluding carboxylic acids is 1. The molecule has 0 aliphatic rings. The third-order valence-electron chi connectivity index (χ3n) is 3.63. The van der Waals surface area contributed by atoms with Gasteiger partial charge in [0.15, 0.2) is 6.61 Å². The van der Waals surface area contributed by atoms with Crippen molar-refractivity contribution >= 4 is 11.6 Å². The molecule has 0 atom stereocenters. The van der Waals surface area contributed by atoms with Crippen molar-refractivity contribution in [3.05, 3.63) is 58.1 Å². The highest BCUT2D eigenvalue weighted by Crippen LogP contribution is 2.22. The van der Waals surface area contributed by atoms with E-state index < -0.39 is 0 Å². The Morgan fingerprint density at radius 3 is 2.09 bits per heavy atom. The van der Waals surface area contributed by atoms with Crippen LogP contribution in [0.1, 0.15) is 27.8 Å². The van der Waals surface area contributed by atoms with Crippen molar-refractivity contribution in [2.24, 2.45) is 0 Å². The molecule has 0 unspecified atom stereocenters. The molecule has 0 bridgehead atoms. The number of nitrogens with one attached hydrogen (secondary N) is 1. The lowest BCUT2D eigenvalue weighted by Gasteiger charge is -2.14. The summed E-state index contributed by atoms with van der Waals surface area (Å²) in [6, 6.07) is 10.1. The molecule has 116 valence electrons. The molecule has 1 N–H and O–H groups in total. The molecular formula is C19H23NO2. The van der Waals surface area contributed by atoms with Crippen molar-refractivity contribution in [2.45, 2.75) is 34.6 Å². The number of aryl methyl sites for hydroxylation is 5. The predicted octanol–water partition coefficient (Wildman–Crippen LogP) is 4.25. The number of rotatable bonds is 4. The van der Waals surface area contributed by atoms with Crippen LogP contribution in [0.25, 0.3) is 0 Å². The average Bonchev–Trinajstić information content (AvgIpc) is 2.42. The maximum atomic E-state index is 12.1. The van der Waals surface area contributed by atoms with E-state index in [-0.39, 0.29) is 12.5 Å². The number of benzene rings is 2. The van der Waals surface area contributed by atoms with E-state index in [0.717, 1.165) is 28.1 Å². The second-order valence-electron chi connectivity index (χ2n) is 5.88. The van der Waals surface area contributed by atoms with Crippen LogP contribution in [0, 0.1) is 34.6 Å². The van der Waals surface area contributed by atoms with Gasteiger partial charge < -0.3 is 10.1 Å². The zero-order valence-electron chi connectivity index (χ0n) is 13.9. The molecule has 2 rings (SSSR count). The van der Waals surface area contributed by atoms with E-state index in [1.807, 2.05) is 45.9 Å². The maximum absolute atomic E-state index is 12.1. The van der Waals surface area contributed by atoms with Gasteiger partial charge in [-0.25, -0.2) is 0 Å². The standard InChI is InChI=1S/C19H23NO2/c1-12-6-7-17(14(3)8-12)22-11-18(21)20-19-15(4)9-13(2)10-16(19)5/h6-10H,11H2,1-5H3,(H,20,21). The summed E-state index contributed by atoms with van der Waals surface area (Å²) in [4.78, 5) is 12.1. The monoisotopic (exact) mass is 297 g/mol. The summed E-state index contributed by atoms with van der Waals surface area (Å²) in [5, 5.41) is 2.94. The first-order chi connectivity index (χ1) is 10.4. The highest BCUT2D eigenvalue weighted by atomic mass is 16.5. The van der Waals surface area contributed by atoms with E-state index in [9.17, 15) is 4.79 Å². The Kier molecular flexibility index (Phi) is 4.86. The number of amides is 1. The Labute approximate surface area is 132 Å². The SMILES string of the molecule is Cc1ccc(OCC(=O)Nc2c(C)cc(C)cc2C)c(C)c1. The summed E-state index contributed by atoms with van der Waals surface area (Å²) in [7, 11) is 0. The summed E-state index contributed by atoms with van der Waals surface area (Å²) in [6.45, 7) is 10.1. The lowest BCUT2D eigenvalue weighted by atomic mass is 10.1. The number of hydrogen-bond acceptors (Lipinski definition) is 2. The van der Waals surface area contributed by atoms with Crippen molar-refractivity contribution in [2.75, 3.05) is 11.9 Å². The van der Waals surface area contributed by atoms with Crippen molar-refractivity contribution in [1.82, 2.24) is 0 Å². The van der Waals surface area contributed by atoms with Crippen LogP contribution in [0.4, 0.5) is 5.69 Å². The van der Waals surface area contributed by atoms with Gasteiger partial charge in [-0.1, -0.05) is 35.4 Å². The van der Waals surface area contributed by atoms with Crippen molar-refractivity contribution in [3.63, 3.8) is 0 Å². The molecule has 0 aliphatic heterocycles. The van der Waals surface area contributed by atoms with Crippen molar-refractivity contribution < 1.29 is 9.53 Å². The topological polar surface area (TPSA) is 38.3 Å². The molecule has 0 radical (unpaired) electrons. The third kappa shape index (κ3) is 3.88. The van der Waals surface area contributed by atoms with Gasteiger partial charge in [0.25, 0.3) is 5.91 Å². The molecule has 2 aromatic rings. The zero-order valence-corrected chi connectivity index (χ0v) is 13.9. The molecular weight excluding hydrogens is 274 g/mol. The summed E-state index contributed by atoms with van der Waals surface area (Å²) >= 11 is 0. The molecule has 0 spiro atoms. The van der Waals surface area contributed by atoms with Crippen molar-refractivity contribution in [3.8, 4) is 5.75 Å². The van der Waals surface area contributed by atoms with Crippen LogP contribution >= 0.6 is 0 Å². The Bertz CT molecular complexity index is 682. The summed E-state index contributed by atoms with van der Waals surface area (Å²) < 4.78 is 5.62. The first-order valence-electron chi connectivity index (χ1n) is 7.44. The lowest BCUT2D eigenvalue weighted by Crippen LogP contribution is -2.21. The number of anilines is 1. The van der Waals surface area contributed by atoms with Gasteiger partial charge in [-0.3, -0.25) is 4.79 Å². The normalized spacial score (nSPS) is 10.4. The van der Waals surface area contributed by atoms with E-state index in [0.29, 0.717) is 0 Å². The molecule has 2 aromatic carbocycles. The van der Waals surface area contributed by atoms with Gasteiger partial charge in [-0.15, -0.1) is 0 Å². The number of hydrogen-bond donors (Lipinski definition) is 1. The molecule has 3 heteroatoms. The van der Waals surface area contributed by atoms with E-state index in [4.69, 9.17) is 4.74 Å². The van der Waals surface area contributed by atoms with Crippen LogP contribution in [0.2, 0.25) is 0 Å². The molecule has 0 aromatic heterocycles. The van der Waals surface area contributed by atoms with Gasteiger partial charge in [0.1, 0.15) is 5.75 Å². The van der Waals surface area contributed by atoms with E-state index in [2.05, 4.69) is 24.4 Å². The summed E-state index contributed by atoms with van der Waals surface area (Å²) in [6.07, 6.45) is 0. The Hall–Kier alpha value is -2.29. The Balaban J connectivity index is 2.02. The number of carbonyl (C=O) groups is 1. The second-order valence-corrected chi connectivity index (χ2v) is 5.88. The minimum Gasteiger partial charge on any atom is -0.483 e. The molecule has 1 amide bonds. The quantitative estimate of drug-likeness (QED) is 0.916. The van der Waals surface area contributed by atoms with Crippen molar-refractivity contribution in [1.29, 1.82) is 0 Å². The van der Waals surface area contributed by atoms with Gasteiger partial charge in [-0.2, -0.15) is 0 Å². The highest BCUT2D eigenvalue weighted by Gasteiger charge is 2.09. The van der Waals surface area contributed by atoms with Crippen LogP contribution in [-0.4, -0.2) is 12.5 Å². The van der Waals surface area contributed by atoms with Crippen LogP contribution in [0.15, 0.2) is 30.3 Å². The largest absolute Gasteiger partial charge is 0.483 e. The van der Waals surface area contributed by atoms with E-state index in [1.54, 1.807) is 0 Å². The van der Waals surface area contributed by atoms with E-state index >= 15 is 0 Å². The smallest absolute Gasteiger partial charge is 0.262 e. The van der Waals surface area contributed by atoms with Crippen LogP contribution < -0.4 is 10.1 Å². The fourth-order valence-electron chi connectivity index (χ4n) is 2.66. The van der Waals surface area contributed by atoms with Gasteiger partial charge in [0.05, 0.1) is 0 Å². The molecule has 0 saturated carbocycles. The van der Waals surface area contributed by atoms with Crippen LogP contribution in [-0.2, 0) is 4.79 Å². The minimum absolute atomic E-state index is 0.0106.